The van der Waals surface area contributed by atoms with Crippen molar-refractivity contribution in [2.24, 2.45) is 5.92 Å². The fourth-order valence-corrected chi connectivity index (χ4v) is 3.68. The van der Waals surface area contributed by atoms with E-state index in [9.17, 15) is 0 Å². The predicted octanol–water partition coefficient (Wildman–Crippen LogP) is 1.79. The lowest BCUT2D eigenvalue weighted by molar-refractivity contribution is 0.0703. The van der Waals surface area contributed by atoms with Crippen LogP contribution in [0.1, 0.15) is 39.0 Å². The Morgan fingerprint density at radius 1 is 1.17 bits per heavy atom. The Balaban J connectivity index is 2.00. The molecular weight excluding hydrogens is 222 g/mol. The van der Waals surface area contributed by atoms with E-state index in [1.165, 1.54) is 58.3 Å². The van der Waals surface area contributed by atoms with E-state index in [0.29, 0.717) is 12.1 Å². The molecule has 1 saturated carbocycles. The maximum atomic E-state index is 3.86. The molecular formula is C15H31N3. The maximum Gasteiger partial charge on any atom is 0.0376 e. The molecule has 1 N–H and O–H groups in total. The van der Waals surface area contributed by atoms with Gasteiger partial charge in [0.05, 0.1) is 0 Å². The lowest BCUT2D eigenvalue weighted by Gasteiger charge is -2.44. The van der Waals surface area contributed by atoms with Gasteiger partial charge in [0.25, 0.3) is 0 Å². The molecule has 1 heterocycles. The van der Waals surface area contributed by atoms with Gasteiger partial charge in [-0.1, -0.05) is 19.8 Å². The summed E-state index contributed by atoms with van der Waals surface area (Å²) in [7, 11) is 4.58. The smallest absolute Gasteiger partial charge is 0.0376 e. The van der Waals surface area contributed by atoms with Gasteiger partial charge in [0, 0.05) is 31.7 Å². The van der Waals surface area contributed by atoms with Gasteiger partial charge in [0.1, 0.15) is 0 Å². The first-order valence-electron chi connectivity index (χ1n) is 7.84. The summed E-state index contributed by atoms with van der Waals surface area (Å²) in [6.45, 7) is 7.12. The lowest BCUT2D eigenvalue weighted by atomic mass is 9.89. The van der Waals surface area contributed by atoms with E-state index >= 15 is 0 Å². The molecule has 3 heteroatoms. The SMILES string of the molecule is CCCNC(C1CCCC1)C1CN(C)CCN1C. The first-order chi connectivity index (χ1) is 8.72. The highest BCUT2D eigenvalue weighted by atomic mass is 15.3. The molecule has 106 valence electrons. The fraction of sp³-hybridized carbons (Fsp3) is 1.00. The number of piperazine rings is 1. The Kier molecular flexibility index (Phi) is 5.46. The van der Waals surface area contributed by atoms with E-state index in [1.54, 1.807) is 0 Å². The van der Waals surface area contributed by atoms with Crippen molar-refractivity contribution in [1.82, 2.24) is 15.1 Å². The molecule has 2 rings (SSSR count). The van der Waals surface area contributed by atoms with Crippen molar-refractivity contribution >= 4 is 0 Å². The van der Waals surface area contributed by atoms with Crippen LogP contribution >= 0.6 is 0 Å². The molecule has 0 bridgehead atoms. The summed E-state index contributed by atoms with van der Waals surface area (Å²) in [6, 6.07) is 1.42. The number of likely N-dealkylation sites (N-methyl/N-ethyl adjacent to an activating group) is 2. The van der Waals surface area contributed by atoms with E-state index < -0.39 is 0 Å². The van der Waals surface area contributed by atoms with Crippen molar-refractivity contribution in [3.8, 4) is 0 Å². The Morgan fingerprint density at radius 2 is 1.89 bits per heavy atom. The van der Waals surface area contributed by atoms with Gasteiger partial charge in [-0.3, -0.25) is 4.90 Å². The van der Waals surface area contributed by atoms with Gasteiger partial charge >= 0.3 is 0 Å². The van der Waals surface area contributed by atoms with E-state index in [2.05, 4.69) is 36.1 Å². The largest absolute Gasteiger partial charge is 0.312 e. The van der Waals surface area contributed by atoms with Gasteiger partial charge in [-0.2, -0.15) is 0 Å². The van der Waals surface area contributed by atoms with Crippen molar-refractivity contribution in [3.05, 3.63) is 0 Å². The monoisotopic (exact) mass is 253 g/mol. The summed E-state index contributed by atoms with van der Waals surface area (Å²) >= 11 is 0. The van der Waals surface area contributed by atoms with Gasteiger partial charge in [0.15, 0.2) is 0 Å². The van der Waals surface area contributed by atoms with Crippen LogP contribution in [0.15, 0.2) is 0 Å². The Bertz CT molecular complexity index is 238. The molecule has 2 unspecified atom stereocenters. The second kappa shape index (κ2) is 6.88. The molecule has 0 amide bonds. The second-order valence-corrected chi connectivity index (χ2v) is 6.33. The van der Waals surface area contributed by atoms with Crippen molar-refractivity contribution in [2.45, 2.75) is 51.1 Å². The number of nitrogens with zero attached hydrogens (tertiary/aromatic N) is 2. The molecule has 18 heavy (non-hydrogen) atoms. The summed E-state index contributed by atoms with van der Waals surface area (Å²) in [5.74, 6) is 0.912. The van der Waals surface area contributed by atoms with Crippen LogP contribution in [0.3, 0.4) is 0 Å². The standard InChI is InChI=1S/C15H31N3/c1-4-9-16-15(13-7-5-6-8-13)14-12-17(2)10-11-18(14)3/h13-16H,4-12H2,1-3H3. The van der Waals surface area contributed by atoms with E-state index in [0.717, 1.165) is 5.92 Å². The average molecular weight is 253 g/mol. The van der Waals surface area contributed by atoms with Crippen LogP contribution < -0.4 is 5.32 Å². The van der Waals surface area contributed by atoms with Crippen LogP contribution in [0.5, 0.6) is 0 Å². The third-order valence-corrected chi connectivity index (χ3v) is 4.85. The van der Waals surface area contributed by atoms with E-state index in [1.807, 2.05) is 0 Å². The zero-order valence-electron chi connectivity index (χ0n) is 12.5. The molecule has 1 aliphatic carbocycles. The van der Waals surface area contributed by atoms with Crippen LogP contribution in [0.4, 0.5) is 0 Å². The molecule has 1 aliphatic heterocycles. The molecule has 3 nitrogen and oxygen atoms in total. The Hall–Kier alpha value is -0.120. The summed E-state index contributed by atoms with van der Waals surface area (Å²) in [6.07, 6.45) is 7.02. The molecule has 0 aromatic rings. The zero-order chi connectivity index (χ0) is 13.0. The minimum atomic E-state index is 0.707. The Morgan fingerprint density at radius 3 is 2.56 bits per heavy atom. The van der Waals surface area contributed by atoms with E-state index in [-0.39, 0.29) is 0 Å². The quantitative estimate of drug-likeness (QED) is 0.806. The summed E-state index contributed by atoms with van der Waals surface area (Å²) in [5.41, 5.74) is 0. The van der Waals surface area contributed by atoms with Gasteiger partial charge < -0.3 is 10.2 Å². The molecule has 0 radical (unpaired) electrons. The van der Waals surface area contributed by atoms with Crippen LogP contribution in [-0.2, 0) is 0 Å². The molecule has 2 aliphatic rings. The summed E-state index contributed by atoms with van der Waals surface area (Å²) in [5, 5.41) is 3.86. The summed E-state index contributed by atoms with van der Waals surface area (Å²) < 4.78 is 0. The van der Waals surface area contributed by atoms with Crippen molar-refractivity contribution in [2.75, 3.05) is 40.3 Å². The third kappa shape index (κ3) is 3.46. The first kappa shape index (κ1) is 14.3. The van der Waals surface area contributed by atoms with Crippen molar-refractivity contribution in [1.29, 1.82) is 0 Å². The number of nitrogens with one attached hydrogen (secondary N) is 1. The van der Waals surface area contributed by atoms with Crippen LogP contribution in [0, 0.1) is 5.92 Å². The molecule has 2 fully saturated rings. The minimum Gasteiger partial charge on any atom is -0.312 e. The highest BCUT2D eigenvalue weighted by Crippen LogP contribution is 2.31. The highest BCUT2D eigenvalue weighted by Gasteiger charge is 2.35. The van der Waals surface area contributed by atoms with Gasteiger partial charge in [-0.15, -0.1) is 0 Å². The van der Waals surface area contributed by atoms with Crippen LogP contribution in [0.25, 0.3) is 0 Å². The predicted molar refractivity (Wildman–Crippen MR) is 78.0 cm³/mol. The van der Waals surface area contributed by atoms with Crippen LogP contribution in [-0.4, -0.2) is 62.2 Å². The Labute approximate surface area is 113 Å². The molecule has 1 saturated heterocycles. The molecule has 0 aromatic heterocycles. The van der Waals surface area contributed by atoms with E-state index in [4.69, 9.17) is 0 Å². The first-order valence-corrected chi connectivity index (χ1v) is 7.84. The molecule has 0 spiro atoms. The topological polar surface area (TPSA) is 18.5 Å². The van der Waals surface area contributed by atoms with Gasteiger partial charge in [-0.05, 0) is 45.8 Å². The maximum absolute atomic E-state index is 3.86. The third-order valence-electron chi connectivity index (χ3n) is 4.85. The van der Waals surface area contributed by atoms with Gasteiger partial charge in [-0.25, -0.2) is 0 Å². The normalized spacial score (nSPS) is 29.8. The minimum absolute atomic E-state index is 0.707. The number of hydrogen-bond acceptors (Lipinski definition) is 3. The number of hydrogen-bond donors (Lipinski definition) is 1. The summed E-state index contributed by atoms with van der Waals surface area (Å²) in [4.78, 5) is 5.09. The average Bonchev–Trinajstić information content (AvgIpc) is 2.88. The zero-order valence-corrected chi connectivity index (χ0v) is 12.5. The molecule has 0 aromatic carbocycles. The fourth-order valence-electron chi connectivity index (χ4n) is 3.68. The molecule has 2 atom stereocenters. The van der Waals surface area contributed by atoms with Gasteiger partial charge in [0.2, 0.25) is 0 Å². The lowest BCUT2D eigenvalue weighted by Crippen LogP contribution is -2.60. The second-order valence-electron chi connectivity index (χ2n) is 6.33. The van der Waals surface area contributed by atoms with Crippen LogP contribution in [0.2, 0.25) is 0 Å². The van der Waals surface area contributed by atoms with Crippen molar-refractivity contribution in [3.63, 3.8) is 0 Å². The highest BCUT2D eigenvalue weighted by molar-refractivity contribution is 4.94. The number of rotatable bonds is 5. The van der Waals surface area contributed by atoms with Crippen molar-refractivity contribution < 1.29 is 0 Å².